The molecular weight excluding hydrogens is 355 g/mol. The predicted molar refractivity (Wildman–Crippen MR) is 99.9 cm³/mol. The molecule has 0 aliphatic carbocycles. The summed E-state index contributed by atoms with van der Waals surface area (Å²) in [5.74, 6) is 0.314. The zero-order chi connectivity index (χ0) is 17.7. The first-order valence-corrected chi connectivity index (χ1v) is 8.88. The predicted octanol–water partition coefficient (Wildman–Crippen LogP) is 3.79. The molecule has 26 heavy (non-hydrogen) atoms. The van der Waals surface area contributed by atoms with Crippen LogP contribution in [0.5, 0.6) is 0 Å². The molecule has 1 saturated heterocycles. The van der Waals surface area contributed by atoms with Gasteiger partial charge in [-0.15, -0.1) is 0 Å². The number of imidazole rings is 1. The summed E-state index contributed by atoms with van der Waals surface area (Å²) in [6.45, 7) is 0.969. The number of nitrogens with one attached hydrogen (secondary N) is 3. The highest BCUT2D eigenvalue weighted by atomic mass is 35.5. The summed E-state index contributed by atoms with van der Waals surface area (Å²) in [7, 11) is 0. The van der Waals surface area contributed by atoms with Gasteiger partial charge in [0.2, 0.25) is 0 Å². The van der Waals surface area contributed by atoms with Crippen molar-refractivity contribution >= 4 is 34.0 Å². The summed E-state index contributed by atoms with van der Waals surface area (Å²) in [6, 6.07) is 4.93. The normalized spacial score (nSPS) is 17.4. The molecule has 1 aliphatic rings. The zero-order valence-corrected chi connectivity index (χ0v) is 14.5. The quantitative estimate of drug-likeness (QED) is 0.513. The van der Waals surface area contributed by atoms with Gasteiger partial charge in [0.1, 0.15) is 16.7 Å². The second-order valence-electron chi connectivity index (χ2n) is 6.38. The number of anilines is 1. The Kier molecular flexibility index (Phi) is 3.58. The van der Waals surface area contributed by atoms with Crippen LogP contribution in [0.25, 0.3) is 27.8 Å². The molecule has 0 spiro atoms. The number of fused-ring (bicyclic) bond motifs is 2. The highest BCUT2D eigenvalue weighted by Crippen LogP contribution is 2.35. The lowest BCUT2D eigenvalue weighted by Crippen LogP contribution is -2.30. The smallest absolute Gasteiger partial charge is 0.181 e. The van der Waals surface area contributed by atoms with Gasteiger partial charge < -0.3 is 10.3 Å². The monoisotopic (exact) mass is 370 g/mol. The van der Waals surface area contributed by atoms with Crippen molar-refractivity contribution in [3.05, 3.63) is 47.8 Å². The molecule has 1 aliphatic heterocycles. The fourth-order valence-corrected chi connectivity index (χ4v) is 3.81. The topological polar surface area (TPSA) is 70.0 Å². The molecule has 1 fully saturated rings. The summed E-state index contributed by atoms with van der Waals surface area (Å²) >= 11 is 6.60. The summed E-state index contributed by atoms with van der Waals surface area (Å²) in [4.78, 5) is 12.2. The number of hydrogen-bond donors (Lipinski definition) is 3. The Bertz CT molecular complexity index is 1110. The lowest BCUT2D eigenvalue weighted by molar-refractivity contribution is 0.640. The fraction of sp³-hybridized carbons (Fsp3) is 0.222. The number of halogens is 2. The van der Waals surface area contributed by atoms with E-state index in [4.69, 9.17) is 16.6 Å². The molecule has 4 aromatic rings. The van der Waals surface area contributed by atoms with Crippen molar-refractivity contribution in [3.8, 4) is 11.3 Å². The van der Waals surface area contributed by atoms with Crippen LogP contribution in [0.15, 0.2) is 36.8 Å². The molecule has 132 valence electrons. The second kappa shape index (κ2) is 5.96. The van der Waals surface area contributed by atoms with Crippen molar-refractivity contribution in [2.75, 3.05) is 11.9 Å². The maximum absolute atomic E-state index is 14.4. The largest absolute Gasteiger partial charge is 0.360 e. The van der Waals surface area contributed by atoms with Gasteiger partial charge in [-0.1, -0.05) is 17.7 Å². The molecule has 6 nitrogen and oxygen atoms in total. The summed E-state index contributed by atoms with van der Waals surface area (Å²) in [6.07, 6.45) is 7.45. The lowest BCUT2D eigenvalue weighted by atomic mass is 10.1. The van der Waals surface area contributed by atoms with E-state index in [1.54, 1.807) is 29.1 Å². The molecule has 0 radical (unpaired) electrons. The minimum Gasteiger partial charge on any atom is -0.360 e. The zero-order valence-electron chi connectivity index (χ0n) is 13.8. The molecule has 0 saturated carbocycles. The molecule has 8 heteroatoms. The molecule has 4 heterocycles. The highest BCUT2D eigenvalue weighted by molar-refractivity contribution is 6.32. The first-order chi connectivity index (χ1) is 12.7. The number of H-pyrrole nitrogens is 1. The molecule has 0 bridgehead atoms. The van der Waals surface area contributed by atoms with E-state index in [0.717, 1.165) is 19.4 Å². The Hall–Kier alpha value is -2.64. The van der Waals surface area contributed by atoms with Gasteiger partial charge in [-0.05, 0) is 31.5 Å². The average molecular weight is 371 g/mol. The van der Waals surface area contributed by atoms with Crippen molar-refractivity contribution in [3.63, 3.8) is 0 Å². The first-order valence-electron chi connectivity index (χ1n) is 8.51. The van der Waals surface area contributed by atoms with Crippen LogP contribution in [0.3, 0.4) is 0 Å². The third-order valence-electron chi connectivity index (χ3n) is 4.76. The molecule has 3 N–H and O–H groups in total. The van der Waals surface area contributed by atoms with Crippen LogP contribution >= 0.6 is 11.6 Å². The maximum atomic E-state index is 14.4. The highest BCUT2D eigenvalue weighted by Gasteiger charge is 2.21. The van der Waals surface area contributed by atoms with E-state index in [-0.39, 0.29) is 12.0 Å². The van der Waals surface area contributed by atoms with Gasteiger partial charge in [-0.2, -0.15) is 0 Å². The van der Waals surface area contributed by atoms with E-state index in [1.165, 1.54) is 6.07 Å². The van der Waals surface area contributed by atoms with Crippen molar-refractivity contribution in [2.24, 2.45) is 0 Å². The van der Waals surface area contributed by atoms with Crippen LogP contribution in [0.2, 0.25) is 5.15 Å². The van der Waals surface area contributed by atoms with Crippen molar-refractivity contribution < 1.29 is 4.39 Å². The lowest BCUT2D eigenvalue weighted by Gasteiger charge is -2.16. The number of aromatic nitrogens is 4. The van der Waals surface area contributed by atoms with Crippen molar-refractivity contribution in [1.82, 2.24) is 24.7 Å². The van der Waals surface area contributed by atoms with Crippen LogP contribution < -0.4 is 10.6 Å². The van der Waals surface area contributed by atoms with E-state index in [9.17, 15) is 4.39 Å². The van der Waals surface area contributed by atoms with Gasteiger partial charge in [-0.25, -0.2) is 14.4 Å². The van der Waals surface area contributed by atoms with Crippen LogP contribution in [-0.2, 0) is 0 Å². The van der Waals surface area contributed by atoms with Gasteiger partial charge in [0, 0.05) is 35.1 Å². The van der Waals surface area contributed by atoms with E-state index < -0.39 is 0 Å². The van der Waals surface area contributed by atoms with E-state index in [0.29, 0.717) is 38.8 Å². The van der Waals surface area contributed by atoms with Crippen LogP contribution in [0.4, 0.5) is 10.2 Å². The van der Waals surface area contributed by atoms with Crippen molar-refractivity contribution in [1.29, 1.82) is 0 Å². The van der Waals surface area contributed by atoms with Crippen LogP contribution in [0.1, 0.15) is 12.8 Å². The van der Waals surface area contributed by atoms with Crippen molar-refractivity contribution in [2.45, 2.75) is 19.0 Å². The number of hydrogen-bond acceptors (Lipinski definition) is 4. The summed E-state index contributed by atoms with van der Waals surface area (Å²) < 4.78 is 16.2. The van der Waals surface area contributed by atoms with Gasteiger partial charge in [0.25, 0.3) is 0 Å². The Morgan fingerprint density at radius 1 is 1.35 bits per heavy atom. The van der Waals surface area contributed by atoms with E-state index in [1.807, 2.05) is 6.07 Å². The number of rotatable bonds is 3. The standard InChI is InChI=1S/C18H16ClFN6/c19-16-15(10-9-23-12-4-1-3-11(20)14(10)12)25-17(18-22-7-8-26(16)18)24-13-5-2-6-21-13/h1,3-4,7-9,13,21,23H,2,5-6H2,(H,24,25). The fourth-order valence-electron chi connectivity index (χ4n) is 3.53. The number of aromatic amines is 1. The van der Waals surface area contributed by atoms with Gasteiger partial charge in [-0.3, -0.25) is 9.72 Å². The van der Waals surface area contributed by atoms with E-state index >= 15 is 0 Å². The Labute approximate surface area is 153 Å². The minimum absolute atomic E-state index is 0.136. The Morgan fingerprint density at radius 3 is 3.12 bits per heavy atom. The molecular formula is C18H16ClFN6. The summed E-state index contributed by atoms with van der Waals surface area (Å²) in [5, 5.41) is 7.65. The van der Waals surface area contributed by atoms with Gasteiger partial charge >= 0.3 is 0 Å². The van der Waals surface area contributed by atoms with Crippen LogP contribution in [-0.4, -0.2) is 32.1 Å². The van der Waals surface area contributed by atoms with E-state index in [2.05, 4.69) is 20.6 Å². The molecule has 1 atom stereocenters. The second-order valence-corrected chi connectivity index (χ2v) is 6.74. The third-order valence-corrected chi connectivity index (χ3v) is 5.13. The average Bonchev–Trinajstić information content (AvgIpc) is 3.37. The number of nitrogens with zero attached hydrogens (tertiary/aromatic N) is 3. The first kappa shape index (κ1) is 15.6. The van der Waals surface area contributed by atoms with Gasteiger partial charge in [0.05, 0.1) is 6.17 Å². The summed E-state index contributed by atoms with van der Waals surface area (Å²) in [5.41, 5.74) is 2.48. The molecule has 0 amide bonds. The maximum Gasteiger partial charge on any atom is 0.181 e. The minimum atomic E-state index is -0.311. The molecule has 1 unspecified atom stereocenters. The SMILES string of the molecule is Fc1cccc2[nH]cc(-c3nc(NC4CCCN4)c4nccn4c3Cl)c12. The third kappa shape index (κ3) is 2.35. The van der Waals surface area contributed by atoms with Crippen LogP contribution in [0, 0.1) is 5.82 Å². The number of benzene rings is 1. The molecule has 5 rings (SSSR count). The Balaban J connectivity index is 1.73. The molecule has 1 aromatic carbocycles. The molecule has 3 aromatic heterocycles. The Morgan fingerprint density at radius 2 is 2.27 bits per heavy atom. The van der Waals surface area contributed by atoms with Gasteiger partial charge in [0.15, 0.2) is 11.5 Å².